The van der Waals surface area contributed by atoms with Crippen molar-refractivity contribution in [3.63, 3.8) is 0 Å². The number of benzene rings is 2. The second-order valence-electron chi connectivity index (χ2n) is 7.37. The van der Waals surface area contributed by atoms with Gasteiger partial charge in [-0.25, -0.2) is 4.79 Å². The van der Waals surface area contributed by atoms with Gasteiger partial charge in [0.05, 0.1) is 4.88 Å². The van der Waals surface area contributed by atoms with E-state index in [0.29, 0.717) is 22.1 Å². The molecular formula is C23H21N5O3S. The number of aromatic nitrogens is 4. The number of hydrogen-bond acceptors (Lipinski definition) is 7. The zero-order valence-electron chi connectivity index (χ0n) is 17.5. The summed E-state index contributed by atoms with van der Waals surface area (Å²) in [5.41, 5.74) is 1.42. The van der Waals surface area contributed by atoms with Crippen LogP contribution in [0.1, 0.15) is 29.6 Å². The summed E-state index contributed by atoms with van der Waals surface area (Å²) < 4.78 is 5.56. The van der Waals surface area contributed by atoms with Crippen molar-refractivity contribution in [2.24, 2.45) is 5.92 Å². The molecule has 8 nitrogen and oxygen atoms in total. The van der Waals surface area contributed by atoms with Gasteiger partial charge in [0.2, 0.25) is 5.82 Å². The fourth-order valence-electron chi connectivity index (χ4n) is 3.06. The lowest BCUT2D eigenvalue weighted by atomic mass is 10.1. The van der Waals surface area contributed by atoms with E-state index in [-0.39, 0.29) is 11.8 Å². The van der Waals surface area contributed by atoms with Gasteiger partial charge in [-0.1, -0.05) is 50.2 Å². The summed E-state index contributed by atoms with van der Waals surface area (Å²) in [5.74, 6) is 0.00112. The fourth-order valence-corrected chi connectivity index (χ4v) is 3.68. The molecule has 4 rings (SSSR count). The number of anilines is 1. The molecule has 0 aliphatic carbocycles. The van der Waals surface area contributed by atoms with E-state index in [1.165, 1.54) is 16.1 Å². The van der Waals surface area contributed by atoms with E-state index in [1.54, 1.807) is 30.3 Å². The quantitative estimate of drug-likeness (QED) is 0.332. The second-order valence-corrected chi connectivity index (χ2v) is 8.31. The lowest BCUT2D eigenvalue weighted by molar-refractivity contribution is -0.140. The molecule has 2 aromatic heterocycles. The molecule has 1 unspecified atom stereocenters. The largest absolute Gasteiger partial charge is 0.425 e. The van der Waals surface area contributed by atoms with Crippen LogP contribution in [0.3, 0.4) is 0 Å². The Hall–Kier alpha value is -3.85. The first-order valence-corrected chi connectivity index (χ1v) is 10.9. The molecule has 0 saturated heterocycles. The summed E-state index contributed by atoms with van der Waals surface area (Å²) in [5, 5.41) is 17.2. The van der Waals surface area contributed by atoms with Crippen molar-refractivity contribution in [2.75, 3.05) is 5.32 Å². The summed E-state index contributed by atoms with van der Waals surface area (Å²) >= 11 is 1.37. The first-order chi connectivity index (χ1) is 15.5. The van der Waals surface area contributed by atoms with Gasteiger partial charge in [0.1, 0.15) is 5.75 Å². The number of amides is 1. The summed E-state index contributed by atoms with van der Waals surface area (Å²) in [4.78, 5) is 27.0. The predicted octanol–water partition coefficient (Wildman–Crippen LogP) is 4.46. The van der Waals surface area contributed by atoms with Crippen molar-refractivity contribution in [3.05, 3.63) is 77.0 Å². The molecule has 0 fully saturated rings. The van der Waals surface area contributed by atoms with Crippen LogP contribution in [0.5, 0.6) is 5.75 Å². The van der Waals surface area contributed by atoms with Crippen LogP contribution >= 0.6 is 11.3 Å². The molecule has 162 valence electrons. The third-order valence-corrected chi connectivity index (χ3v) is 5.53. The van der Waals surface area contributed by atoms with E-state index in [0.717, 1.165) is 5.56 Å². The molecule has 0 radical (unpaired) electrons. The Kier molecular flexibility index (Phi) is 6.37. The Morgan fingerprint density at radius 2 is 1.75 bits per heavy atom. The average molecular weight is 448 g/mol. The van der Waals surface area contributed by atoms with E-state index in [4.69, 9.17) is 4.74 Å². The predicted molar refractivity (Wildman–Crippen MR) is 121 cm³/mol. The number of esters is 1. The molecule has 0 aliphatic heterocycles. The Morgan fingerprint density at radius 1 is 1.00 bits per heavy atom. The fraction of sp³-hybridized carbons (Fsp3) is 0.174. The molecule has 0 spiro atoms. The van der Waals surface area contributed by atoms with E-state index in [1.807, 2.05) is 55.6 Å². The third kappa shape index (κ3) is 4.89. The van der Waals surface area contributed by atoms with Crippen molar-refractivity contribution in [3.8, 4) is 17.1 Å². The van der Waals surface area contributed by atoms with Gasteiger partial charge in [-0.2, -0.15) is 0 Å². The van der Waals surface area contributed by atoms with Gasteiger partial charge in [0, 0.05) is 11.3 Å². The molecule has 2 heterocycles. The highest BCUT2D eigenvalue weighted by Gasteiger charge is 2.29. The van der Waals surface area contributed by atoms with Gasteiger partial charge in [-0.05, 0) is 46.8 Å². The van der Waals surface area contributed by atoms with Crippen LogP contribution < -0.4 is 10.1 Å². The lowest BCUT2D eigenvalue weighted by Gasteiger charge is -2.17. The number of tetrazole rings is 1. The number of carbonyl (C=O) groups is 2. The van der Waals surface area contributed by atoms with Crippen LogP contribution in [0.2, 0.25) is 0 Å². The molecule has 0 bridgehead atoms. The standard InChI is InChI=1S/C23H21N5O3S/c1-15(2)20(28-26-21(25-27-28)16-7-4-3-5-8-16)23(30)31-18-12-10-17(11-13-18)24-22(29)19-9-6-14-32-19/h3-15,20H,1-2H3,(H,24,29). The van der Waals surface area contributed by atoms with Crippen LogP contribution in [-0.2, 0) is 4.79 Å². The van der Waals surface area contributed by atoms with Crippen molar-refractivity contribution in [2.45, 2.75) is 19.9 Å². The topological polar surface area (TPSA) is 99.0 Å². The highest BCUT2D eigenvalue weighted by atomic mass is 32.1. The highest BCUT2D eigenvalue weighted by molar-refractivity contribution is 7.12. The number of nitrogens with one attached hydrogen (secondary N) is 1. The Balaban J connectivity index is 1.44. The molecule has 0 saturated carbocycles. The average Bonchev–Trinajstić information content (AvgIpc) is 3.48. The zero-order chi connectivity index (χ0) is 22.5. The van der Waals surface area contributed by atoms with Crippen molar-refractivity contribution in [1.29, 1.82) is 0 Å². The van der Waals surface area contributed by atoms with Crippen LogP contribution in [0.15, 0.2) is 72.1 Å². The van der Waals surface area contributed by atoms with Gasteiger partial charge in [0.15, 0.2) is 6.04 Å². The summed E-state index contributed by atoms with van der Waals surface area (Å²) in [6, 6.07) is 18.9. The summed E-state index contributed by atoms with van der Waals surface area (Å²) in [6.45, 7) is 3.78. The number of rotatable bonds is 7. The second kappa shape index (κ2) is 9.52. The van der Waals surface area contributed by atoms with Gasteiger partial charge in [-0.15, -0.1) is 26.3 Å². The van der Waals surface area contributed by atoms with E-state index >= 15 is 0 Å². The molecule has 4 aromatic rings. The minimum atomic E-state index is -0.738. The van der Waals surface area contributed by atoms with Crippen LogP contribution in [0.25, 0.3) is 11.4 Å². The van der Waals surface area contributed by atoms with Crippen molar-refractivity contribution < 1.29 is 14.3 Å². The molecule has 9 heteroatoms. The maximum absolute atomic E-state index is 12.9. The minimum Gasteiger partial charge on any atom is -0.425 e. The normalized spacial score (nSPS) is 11.8. The Labute approximate surface area is 188 Å². The molecular weight excluding hydrogens is 426 g/mol. The third-order valence-electron chi connectivity index (χ3n) is 4.66. The van der Waals surface area contributed by atoms with Crippen molar-refractivity contribution >= 4 is 28.9 Å². The van der Waals surface area contributed by atoms with E-state index < -0.39 is 12.0 Å². The molecule has 32 heavy (non-hydrogen) atoms. The van der Waals surface area contributed by atoms with E-state index in [9.17, 15) is 9.59 Å². The van der Waals surface area contributed by atoms with Gasteiger partial charge in [-0.3, -0.25) is 4.79 Å². The zero-order valence-corrected chi connectivity index (χ0v) is 18.3. The maximum atomic E-state index is 12.9. The van der Waals surface area contributed by atoms with Crippen LogP contribution in [0, 0.1) is 5.92 Å². The van der Waals surface area contributed by atoms with E-state index in [2.05, 4.69) is 20.7 Å². The summed E-state index contributed by atoms with van der Waals surface area (Å²) in [7, 11) is 0. The van der Waals surface area contributed by atoms with Crippen molar-refractivity contribution in [1.82, 2.24) is 20.2 Å². The molecule has 0 aliphatic rings. The Morgan fingerprint density at radius 3 is 2.41 bits per heavy atom. The summed E-state index contributed by atoms with van der Waals surface area (Å²) in [6.07, 6.45) is 0. The highest BCUT2D eigenvalue weighted by Crippen LogP contribution is 2.23. The smallest absolute Gasteiger partial charge is 0.338 e. The lowest BCUT2D eigenvalue weighted by Crippen LogP contribution is -2.30. The molecule has 1 amide bonds. The van der Waals surface area contributed by atoms with Gasteiger partial charge < -0.3 is 10.1 Å². The minimum absolute atomic E-state index is 0.121. The molecule has 2 aromatic carbocycles. The number of carbonyl (C=O) groups excluding carboxylic acids is 2. The van der Waals surface area contributed by atoms with Gasteiger partial charge in [0.25, 0.3) is 5.91 Å². The Bertz CT molecular complexity index is 1190. The SMILES string of the molecule is CC(C)C(C(=O)Oc1ccc(NC(=O)c2cccs2)cc1)n1nnc(-c2ccccc2)n1. The maximum Gasteiger partial charge on any atom is 0.338 e. The van der Waals surface area contributed by atoms with Crippen LogP contribution in [-0.4, -0.2) is 32.1 Å². The monoisotopic (exact) mass is 447 g/mol. The van der Waals surface area contributed by atoms with Gasteiger partial charge >= 0.3 is 5.97 Å². The first kappa shape index (κ1) is 21.4. The number of ether oxygens (including phenoxy) is 1. The first-order valence-electron chi connectivity index (χ1n) is 10.0. The number of thiophene rings is 1. The molecule has 1 atom stereocenters. The number of hydrogen-bond donors (Lipinski definition) is 1. The molecule has 1 N–H and O–H groups in total. The van der Waals surface area contributed by atoms with Crippen LogP contribution in [0.4, 0.5) is 5.69 Å². The number of nitrogens with zero attached hydrogens (tertiary/aromatic N) is 4.